The van der Waals surface area contributed by atoms with Gasteiger partial charge in [0.1, 0.15) is 11.9 Å². The Balaban J connectivity index is 1.06. The first-order valence-corrected chi connectivity index (χ1v) is 11.4. The third-order valence-electron chi connectivity index (χ3n) is 6.54. The number of aromatic nitrogens is 1. The van der Waals surface area contributed by atoms with Gasteiger partial charge in [0.25, 0.3) is 0 Å². The van der Waals surface area contributed by atoms with Crippen LogP contribution in [0.2, 0.25) is 0 Å². The van der Waals surface area contributed by atoms with Crippen LogP contribution < -0.4 is 14.2 Å². The Morgan fingerprint density at radius 3 is 2.50 bits per heavy atom. The lowest BCUT2D eigenvalue weighted by Crippen LogP contribution is -2.49. The molecule has 32 heavy (non-hydrogen) atoms. The highest BCUT2D eigenvalue weighted by atomic mass is 16.7. The molecule has 3 aliphatic heterocycles. The lowest BCUT2D eigenvalue weighted by Gasteiger charge is -2.41. The largest absolute Gasteiger partial charge is 0.490 e. The number of rotatable bonds is 5. The summed E-state index contributed by atoms with van der Waals surface area (Å²) < 4.78 is 16.8. The molecule has 2 fully saturated rings. The Kier molecular flexibility index (Phi) is 6.25. The number of amides is 1. The van der Waals surface area contributed by atoms with Crippen molar-refractivity contribution < 1.29 is 19.0 Å². The topological polar surface area (TPSA) is 64.1 Å². The second-order valence-corrected chi connectivity index (χ2v) is 8.54. The van der Waals surface area contributed by atoms with Crippen molar-refractivity contribution in [3.05, 3.63) is 54.4 Å². The summed E-state index contributed by atoms with van der Waals surface area (Å²) >= 11 is 0. The number of ether oxygens (including phenoxy) is 3. The van der Waals surface area contributed by atoms with Gasteiger partial charge in [-0.15, -0.1) is 0 Å². The lowest BCUT2D eigenvalue weighted by molar-refractivity contribution is -0.127. The van der Waals surface area contributed by atoms with E-state index in [1.54, 1.807) is 18.5 Å². The minimum Gasteiger partial charge on any atom is -0.490 e. The summed E-state index contributed by atoms with van der Waals surface area (Å²) in [4.78, 5) is 21.2. The van der Waals surface area contributed by atoms with E-state index in [1.807, 2.05) is 41.3 Å². The predicted octanol–water partition coefficient (Wildman–Crippen LogP) is 3.36. The van der Waals surface area contributed by atoms with Gasteiger partial charge in [0.05, 0.1) is 0 Å². The highest BCUT2D eigenvalue weighted by molar-refractivity contribution is 5.92. The molecule has 7 heteroatoms. The van der Waals surface area contributed by atoms with Gasteiger partial charge >= 0.3 is 0 Å². The molecule has 0 saturated carbocycles. The minimum atomic E-state index is 0.0746. The number of carbonyl (C=O) groups excluding carboxylic acids is 1. The van der Waals surface area contributed by atoms with Crippen LogP contribution in [0.3, 0.4) is 0 Å². The summed E-state index contributed by atoms with van der Waals surface area (Å²) in [5, 5.41) is 0. The summed E-state index contributed by atoms with van der Waals surface area (Å²) in [6.07, 6.45) is 11.5. The van der Waals surface area contributed by atoms with Gasteiger partial charge in [0, 0.05) is 50.7 Å². The van der Waals surface area contributed by atoms with Crippen molar-refractivity contribution in [2.24, 2.45) is 0 Å². The third kappa shape index (κ3) is 4.88. The van der Waals surface area contributed by atoms with Crippen LogP contribution >= 0.6 is 0 Å². The van der Waals surface area contributed by atoms with Crippen molar-refractivity contribution in [3.63, 3.8) is 0 Å². The number of likely N-dealkylation sites (tertiary alicyclic amines) is 2. The number of pyridine rings is 1. The van der Waals surface area contributed by atoms with Crippen molar-refractivity contribution in [2.45, 2.75) is 37.8 Å². The summed E-state index contributed by atoms with van der Waals surface area (Å²) in [7, 11) is 0. The zero-order chi connectivity index (χ0) is 21.8. The molecule has 0 N–H and O–H groups in total. The van der Waals surface area contributed by atoms with Gasteiger partial charge in [-0.3, -0.25) is 14.7 Å². The van der Waals surface area contributed by atoms with Crippen LogP contribution in [0.15, 0.2) is 48.8 Å². The second-order valence-electron chi connectivity index (χ2n) is 8.54. The van der Waals surface area contributed by atoms with E-state index in [1.165, 1.54) is 0 Å². The van der Waals surface area contributed by atoms with Gasteiger partial charge in [-0.05, 0) is 61.6 Å². The van der Waals surface area contributed by atoms with Crippen molar-refractivity contribution in [3.8, 4) is 17.2 Å². The van der Waals surface area contributed by atoms with E-state index in [2.05, 4.69) is 9.88 Å². The molecule has 2 aromatic rings. The van der Waals surface area contributed by atoms with Gasteiger partial charge in [-0.25, -0.2) is 0 Å². The van der Waals surface area contributed by atoms with Gasteiger partial charge < -0.3 is 19.1 Å². The molecule has 0 unspecified atom stereocenters. The predicted molar refractivity (Wildman–Crippen MR) is 121 cm³/mol. The van der Waals surface area contributed by atoms with Gasteiger partial charge in [0.2, 0.25) is 12.7 Å². The van der Waals surface area contributed by atoms with E-state index in [4.69, 9.17) is 14.2 Å². The van der Waals surface area contributed by atoms with E-state index in [0.717, 1.165) is 74.7 Å². The maximum Gasteiger partial charge on any atom is 0.246 e. The van der Waals surface area contributed by atoms with Crippen LogP contribution in [0.1, 0.15) is 31.2 Å². The van der Waals surface area contributed by atoms with Crippen molar-refractivity contribution in [2.75, 3.05) is 33.0 Å². The first kappa shape index (κ1) is 20.8. The Morgan fingerprint density at radius 2 is 1.72 bits per heavy atom. The summed E-state index contributed by atoms with van der Waals surface area (Å²) in [5.74, 6) is 2.46. The van der Waals surface area contributed by atoms with Crippen LogP contribution in [-0.4, -0.2) is 65.8 Å². The molecule has 0 aliphatic carbocycles. The summed E-state index contributed by atoms with van der Waals surface area (Å²) in [5.41, 5.74) is 0.939. The molecular weight excluding hydrogens is 406 g/mol. The zero-order valence-electron chi connectivity index (χ0n) is 18.2. The molecule has 1 amide bonds. The zero-order valence-corrected chi connectivity index (χ0v) is 18.2. The molecule has 2 saturated heterocycles. The number of hydrogen-bond donors (Lipinski definition) is 0. The number of piperidine rings is 2. The molecule has 1 aromatic carbocycles. The molecule has 168 valence electrons. The molecular formula is C25H29N3O4. The number of carbonyl (C=O) groups is 1. The number of benzene rings is 1. The average molecular weight is 436 g/mol. The van der Waals surface area contributed by atoms with Gasteiger partial charge in [-0.1, -0.05) is 6.07 Å². The average Bonchev–Trinajstić information content (AvgIpc) is 3.32. The molecule has 1 aromatic heterocycles. The molecule has 4 heterocycles. The van der Waals surface area contributed by atoms with Crippen LogP contribution in [-0.2, 0) is 4.79 Å². The molecule has 0 spiro atoms. The molecule has 0 atom stereocenters. The smallest absolute Gasteiger partial charge is 0.246 e. The molecule has 3 aliphatic rings. The van der Waals surface area contributed by atoms with E-state index in [9.17, 15) is 4.79 Å². The Hall–Kier alpha value is -3.06. The van der Waals surface area contributed by atoms with E-state index in [0.29, 0.717) is 6.04 Å². The molecule has 0 bridgehead atoms. The first-order chi connectivity index (χ1) is 15.7. The standard InChI is InChI=1S/C25H29N3O4/c29-25(4-2-19-1-3-23-24(17-19)31-18-30-23)28-13-7-20(8-14-28)27-15-9-22(10-16-27)32-21-5-11-26-12-6-21/h1-6,11-12,17,20,22H,7-10,13-16,18H2. The highest BCUT2D eigenvalue weighted by Gasteiger charge is 2.29. The van der Waals surface area contributed by atoms with Crippen molar-refractivity contribution in [1.82, 2.24) is 14.8 Å². The fourth-order valence-electron chi connectivity index (χ4n) is 4.71. The normalized spacial score (nSPS) is 20.1. The first-order valence-electron chi connectivity index (χ1n) is 11.4. The fourth-order valence-corrected chi connectivity index (χ4v) is 4.71. The SMILES string of the molecule is O=C(C=Cc1ccc2c(c1)OCO2)N1CCC(N2CCC(Oc3ccncc3)CC2)CC1. The van der Waals surface area contributed by atoms with E-state index < -0.39 is 0 Å². The third-order valence-corrected chi connectivity index (χ3v) is 6.54. The van der Waals surface area contributed by atoms with Crippen LogP contribution in [0.25, 0.3) is 6.08 Å². The van der Waals surface area contributed by atoms with Crippen LogP contribution in [0, 0.1) is 0 Å². The Bertz CT molecular complexity index is 949. The monoisotopic (exact) mass is 435 g/mol. The summed E-state index contributed by atoms with van der Waals surface area (Å²) in [6.45, 7) is 3.98. The minimum absolute atomic E-state index is 0.0746. The van der Waals surface area contributed by atoms with Crippen LogP contribution in [0.4, 0.5) is 0 Å². The second kappa shape index (κ2) is 9.61. The highest BCUT2D eigenvalue weighted by Crippen LogP contribution is 2.33. The molecule has 7 nitrogen and oxygen atoms in total. The molecule has 0 radical (unpaired) electrons. The Morgan fingerprint density at radius 1 is 0.969 bits per heavy atom. The van der Waals surface area contributed by atoms with E-state index in [-0.39, 0.29) is 18.8 Å². The molecule has 5 rings (SSSR count). The maximum absolute atomic E-state index is 12.7. The number of fused-ring (bicyclic) bond motifs is 1. The summed E-state index contributed by atoms with van der Waals surface area (Å²) in [6, 6.07) is 10.1. The van der Waals surface area contributed by atoms with Crippen LogP contribution in [0.5, 0.6) is 17.2 Å². The van der Waals surface area contributed by atoms with Gasteiger partial charge in [0.15, 0.2) is 11.5 Å². The maximum atomic E-state index is 12.7. The number of nitrogens with zero attached hydrogens (tertiary/aromatic N) is 3. The Labute approximate surface area is 188 Å². The van der Waals surface area contributed by atoms with Gasteiger partial charge in [-0.2, -0.15) is 0 Å². The fraction of sp³-hybridized carbons (Fsp3) is 0.440. The quantitative estimate of drug-likeness (QED) is 0.671. The van der Waals surface area contributed by atoms with Crippen molar-refractivity contribution in [1.29, 1.82) is 0 Å². The van der Waals surface area contributed by atoms with Crippen molar-refractivity contribution >= 4 is 12.0 Å². The van der Waals surface area contributed by atoms with E-state index >= 15 is 0 Å². The number of hydrogen-bond acceptors (Lipinski definition) is 6. The lowest BCUT2D eigenvalue weighted by atomic mass is 9.98.